The molecule has 3 nitrogen and oxygen atoms in total. The Morgan fingerprint density at radius 2 is 1.57 bits per heavy atom. The molecule has 23 heavy (non-hydrogen) atoms. The molecular formula is C19H22FN3. The molecule has 0 bridgehead atoms. The maximum Gasteiger partial charge on any atom is 0.123 e. The van der Waals surface area contributed by atoms with E-state index < -0.39 is 0 Å². The van der Waals surface area contributed by atoms with E-state index in [1.54, 1.807) is 12.1 Å². The second kappa shape index (κ2) is 6.38. The third-order valence-electron chi connectivity index (χ3n) is 5.06. The van der Waals surface area contributed by atoms with Crippen molar-refractivity contribution in [2.24, 2.45) is 11.8 Å². The van der Waals surface area contributed by atoms with Gasteiger partial charge in [-0.2, -0.15) is 0 Å². The Labute approximate surface area is 136 Å². The van der Waals surface area contributed by atoms with Crippen molar-refractivity contribution in [3.8, 4) is 0 Å². The first-order valence-corrected chi connectivity index (χ1v) is 8.34. The molecule has 0 amide bonds. The zero-order chi connectivity index (χ0) is 15.6. The summed E-state index contributed by atoms with van der Waals surface area (Å²) in [5, 5.41) is 0. The van der Waals surface area contributed by atoms with Crippen LogP contribution in [0.25, 0.3) is 0 Å². The maximum absolute atomic E-state index is 13.3. The fourth-order valence-corrected chi connectivity index (χ4v) is 4.09. The maximum atomic E-state index is 13.3. The molecule has 2 atom stereocenters. The lowest BCUT2D eigenvalue weighted by molar-refractivity contribution is 0.246. The molecule has 1 aromatic carbocycles. The molecule has 4 heteroatoms. The zero-order valence-corrected chi connectivity index (χ0v) is 13.2. The summed E-state index contributed by atoms with van der Waals surface area (Å²) >= 11 is 0. The highest BCUT2D eigenvalue weighted by molar-refractivity contribution is 5.16. The lowest BCUT2D eigenvalue weighted by Gasteiger charge is -2.21. The van der Waals surface area contributed by atoms with Gasteiger partial charge in [0.2, 0.25) is 0 Å². The Balaban J connectivity index is 1.31. The number of benzene rings is 1. The third-order valence-corrected chi connectivity index (χ3v) is 5.06. The summed E-state index contributed by atoms with van der Waals surface area (Å²) in [7, 11) is 0. The van der Waals surface area contributed by atoms with Crippen LogP contribution in [-0.2, 0) is 13.1 Å². The van der Waals surface area contributed by atoms with Crippen LogP contribution in [0.5, 0.6) is 0 Å². The van der Waals surface area contributed by atoms with Crippen LogP contribution in [0.4, 0.5) is 4.39 Å². The number of hydrogen-bond acceptors (Lipinski definition) is 3. The van der Waals surface area contributed by atoms with Gasteiger partial charge in [0.05, 0.1) is 0 Å². The summed E-state index contributed by atoms with van der Waals surface area (Å²) in [5.74, 6) is 1.37. The molecule has 1 aromatic heterocycles. The van der Waals surface area contributed by atoms with E-state index in [0.29, 0.717) is 0 Å². The Morgan fingerprint density at radius 1 is 0.913 bits per heavy atom. The van der Waals surface area contributed by atoms with Crippen molar-refractivity contribution in [3.63, 3.8) is 0 Å². The number of aromatic nitrogens is 1. The molecule has 2 aliphatic heterocycles. The van der Waals surface area contributed by atoms with Crippen LogP contribution >= 0.6 is 0 Å². The predicted octanol–water partition coefficient (Wildman–Crippen LogP) is 2.78. The smallest absolute Gasteiger partial charge is 0.123 e. The van der Waals surface area contributed by atoms with Gasteiger partial charge < -0.3 is 0 Å². The number of halogens is 1. The van der Waals surface area contributed by atoms with Gasteiger partial charge in [-0.15, -0.1) is 0 Å². The van der Waals surface area contributed by atoms with Crippen LogP contribution in [0.15, 0.2) is 48.8 Å². The van der Waals surface area contributed by atoms with Crippen molar-refractivity contribution in [2.45, 2.75) is 13.1 Å². The molecule has 0 radical (unpaired) electrons. The van der Waals surface area contributed by atoms with Gasteiger partial charge in [-0.1, -0.05) is 18.2 Å². The zero-order valence-electron chi connectivity index (χ0n) is 13.2. The van der Waals surface area contributed by atoms with Gasteiger partial charge in [0.25, 0.3) is 0 Å². The highest BCUT2D eigenvalue weighted by Gasteiger charge is 2.39. The number of pyridine rings is 1. The normalized spacial score (nSPS) is 24.9. The molecule has 2 aliphatic rings. The number of rotatable bonds is 4. The van der Waals surface area contributed by atoms with Crippen molar-refractivity contribution in [3.05, 3.63) is 65.7 Å². The minimum absolute atomic E-state index is 0.135. The quantitative estimate of drug-likeness (QED) is 0.865. The van der Waals surface area contributed by atoms with Gasteiger partial charge in [0, 0.05) is 51.7 Å². The largest absolute Gasteiger partial charge is 0.298 e. The molecule has 3 heterocycles. The van der Waals surface area contributed by atoms with E-state index in [1.165, 1.54) is 24.7 Å². The van der Waals surface area contributed by atoms with Crippen LogP contribution in [-0.4, -0.2) is 41.0 Å². The van der Waals surface area contributed by atoms with Crippen molar-refractivity contribution in [2.75, 3.05) is 26.2 Å². The van der Waals surface area contributed by atoms with Gasteiger partial charge in [0.1, 0.15) is 5.82 Å². The molecular weight excluding hydrogens is 289 g/mol. The first-order valence-electron chi connectivity index (χ1n) is 8.34. The lowest BCUT2D eigenvalue weighted by atomic mass is 10.0. The molecule has 2 aromatic rings. The number of fused-ring (bicyclic) bond motifs is 1. The van der Waals surface area contributed by atoms with Crippen molar-refractivity contribution in [1.82, 2.24) is 14.8 Å². The fraction of sp³-hybridized carbons (Fsp3) is 0.421. The monoisotopic (exact) mass is 311 g/mol. The SMILES string of the molecule is Fc1cccc(CN2C[C@@H]3CN(Cc4cccnc4)C[C@H]3C2)c1. The van der Waals surface area contributed by atoms with E-state index in [-0.39, 0.29) is 5.82 Å². The molecule has 2 saturated heterocycles. The van der Waals surface area contributed by atoms with Gasteiger partial charge >= 0.3 is 0 Å². The average molecular weight is 311 g/mol. The van der Waals surface area contributed by atoms with E-state index in [4.69, 9.17) is 0 Å². The lowest BCUT2D eigenvalue weighted by Crippen LogP contribution is -2.28. The highest BCUT2D eigenvalue weighted by Crippen LogP contribution is 2.32. The minimum Gasteiger partial charge on any atom is -0.298 e. The molecule has 4 rings (SSSR count). The first-order chi connectivity index (χ1) is 11.3. The summed E-state index contributed by atoms with van der Waals surface area (Å²) in [6.45, 7) is 6.46. The Bertz CT molecular complexity index is 647. The van der Waals surface area contributed by atoms with Crippen LogP contribution in [0.3, 0.4) is 0 Å². The molecule has 0 spiro atoms. The van der Waals surface area contributed by atoms with Crippen LogP contribution in [0, 0.1) is 17.7 Å². The molecule has 0 N–H and O–H groups in total. The Morgan fingerprint density at radius 3 is 2.17 bits per heavy atom. The van der Waals surface area contributed by atoms with Crippen LogP contribution in [0.1, 0.15) is 11.1 Å². The van der Waals surface area contributed by atoms with Crippen molar-refractivity contribution in [1.29, 1.82) is 0 Å². The van der Waals surface area contributed by atoms with E-state index >= 15 is 0 Å². The molecule has 0 saturated carbocycles. The Kier molecular flexibility index (Phi) is 4.10. The number of hydrogen-bond donors (Lipinski definition) is 0. The number of nitrogens with zero attached hydrogens (tertiary/aromatic N) is 3. The second-order valence-electron chi connectivity index (χ2n) is 6.90. The summed E-state index contributed by atoms with van der Waals surface area (Å²) in [6, 6.07) is 11.1. The van der Waals surface area contributed by atoms with Crippen molar-refractivity contribution < 1.29 is 4.39 Å². The van der Waals surface area contributed by atoms with Gasteiger partial charge in [-0.05, 0) is 41.2 Å². The van der Waals surface area contributed by atoms with Crippen LogP contribution in [0.2, 0.25) is 0 Å². The van der Waals surface area contributed by atoms with Crippen molar-refractivity contribution >= 4 is 0 Å². The van der Waals surface area contributed by atoms with Gasteiger partial charge in [-0.25, -0.2) is 4.39 Å². The highest BCUT2D eigenvalue weighted by atomic mass is 19.1. The molecule has 120 valence electrons. The average Bonchev–Trinajstić information content (AvgIpc) is 3.06. The minimum atomic E-state index is -0.135. The summed E-state index contributed by atoms with van der Waals surface area (Å²) < 4.78 is 13.3. The van der Waals surface area contributed by atoms with E-state index in [0.717, 1.165) is 43.6 Å². The van der Waals surface area contributed by atoms with E-state index in [2.05, 4.69) is 20.9 Å². The first kappa shape index (κ1) is 14.8. The van der Waals surface area contributed by atoms with E-state index in [9.17, 15) is 4.39 Å². The van der Waals surface area contributed by atoms with Crippen LogP contribution < -0.4 is 0 Å². The molecule has 0 unspecified atom stereocenters. The van der Waals surface area contributed by atoms with Gasteiger partial charge in [-0.3, -0.25) is 14.8 Å². The predicted molar refractivity (Wildman–Crippen MR) is 88.2 cm³/mol. The number of likely N-dealkylation sites (tertiary alicyclic amines) is 2. The summed E-state index contributed by atoms with van der Waals surface area (Å²) in [6.07, 6.45) is 3.79. The second-order valence-corrected chi connectivity index (χ2v) is 6.90. The molecule has 2 fully saturated rings. The summed E-state index contributed by atoms with van der Waals surface area (Å²) in [5.41, 5.74) is 2.38. The molecule has 0 aliphatic carbocycles. The standard InChI is InChI=1S/C19H22FN3/c20-19-5-1-3-15(7-19)9-22-11-17-13-23(14-18(17)12-22)10-16-4-2-6-21-8-16/h1-8,17-18H,9-14H2/t17-,18-/m1/s1. The van der Waals surface area contributed by atoms with E-state index in [1.807, 2.05) is 24.5 Å². The Hall–Kier alpha value is -1.78. The topological polar surface area (TPSA) is 19.4 Å². The fourth-order valence-electron chi connectivity index (χ4n) is 4.09. The van der Waals surface area contributed by atoms with Gasteiger partial charge in [0.15, 0.2) is 0 Å². The third kappa shape index (κ3) is 3.43. The summed E-state index contributed by atoms with van der Waals surface area (Å²) in [4.78, 5) is 9.22.